The third-order valence-corrected chi connectivity index (χ3v) is 7.09. The van der Waals surface area contributed by atoms with Gasteiger partial charge >= 0.3 is 5.69 Å². The summed E-state index contributed by atoms with van der Waals surface area (Å²) in [6.45, 7) is 0.732. The molecule has 1 aliphatic rings. The van der Waals surface area contributed by atoms with Crippen LogP contribution >= 0.6 is 11.6 Å². The lowest BCUT2D eigenvalue weighted by atomic mass is 10.1. The molecule has 1 amide bonds. The average molecular weight is 490 g/mol. The summed E-state index contributed by atoms with van der Waals surface area (Å²) in [5, 5.41) is 0.702. The quantitative estimate of drug-likeness (QED) is 0.406. The van der Waals surface area contributed by atoms with Crippen molar-refractivity contribution >= 4 is 28.5 Å². The van der Waals surface area contributed by atoms with Gasteiger partial charge in [0.05, 0.1) is 34.7 Å². The molecular formula is C27H28ClN5O2. The highest BCUT2D eigenvalue weighted by molar-refractivity contribution is 6.30. The first-order valence-corrected chi connectivity index (χ1v) is 12.3. The number of carbonyl (C=O) groups excluding carboxylic acids is 1. The zero-order chi connectivity index (χ0) is 24.5. The number of aryl methyl sites for hydroxylation is 3. The lowest BCUT2D eigenvalue weighted by molar-refractivity contribution is -0.132. The second-order valence-corrected chi connectivity index (χ2v) is 9.65. The van der Waals surface area contributed by atoms with Crippen LogP contribution in [0.5, 0.6) is 0 Å². The number of amides is 1. The summed E-state index contributed by atoms with van der Waals surface area (Å²) < 4.78 is 3.28. The molecule has 3 heterocycles. The van der Waals surface area contributed by atoms with E-state index in [2.05, 4.69) is 4.98 Å². The SMILES string of the molecule is Cn1c(=O)n(C)c2cc(CCC(=O)N3CCC[C@H]3c3cncc(Cc4cccc(Cl)c4)n3)ccc21. The molecule has 0 radical (unpaired) electrons. The van der Waals surface area contributed by atoms with Gasteiger partial charge in [-0.3, -0.25) is 23.9 Å². The van der Waals surface area contributed by atoms with E-state index in [0.717, 1.165) is 52.9 Å². The van der Waals surface area contributed by atoms with Crippen LogP contribution in [0.25, 0.3) is 11.0 Å². The number of carbonyl (C=O) groups is 1. The summed E-state index contributed by atoms with van der Waals surface area (Å²) in [4.78, 5) is 36.6. The number of aromatic nitrogens is 4. The third kappa shape index (κ3) is 4.73. The monoisotopic (exact) mass is 489 g/mol. The van der Waals surface area contributed by atoms with Crippen molar-refractivity contribution in [2.75, 3.05) is 6.54 Å². The number of rotatable bonds is 6. The van der Waals surface area contributed by atoms with Crippen LogP contribution in [0.2, 0.25) is 5.02 Å². The van der Waals surface area contributed by atoms with Crippen molar-refractivity contribution in [3.05, 3.63) is 92.9 Å². The molecule has 5 rings (SSSR count). The molecule has 8 heteroatoms. The Morgan fingerprint density at radius 3 is 2.71 bits per heavy atom. The van der Waals surface area contributed by atoms with Crippen LogP contribution in [0.4, 0.5) is 0 Å². The van der Waals surface area contributed by atoms with Gasteiger partial charge < -0.3 is 4.90 Å². The minimum absolute atomic E-state index is 0.0492. The standard InChI is InChI=1S/C27H28ClN5O2/c1-31-24-10-8-18(15-25(24)32(2)27(31)35)9-11-26(34)33-12-4-7-23(33)22-17-29-16-21(30-22)14-19-5-3-6-20(28)13-19/h3,5-6,8,10,13,15-17,23H,4,7,9,11-12,14H2,1-2H3/t23-/m0/s1. The molecule has 35 heavy (non-hydrogen) atoms. The molecule has 2 aromatic heterocycles. The molecule has 0 bridgehead atoms. The van der Waals surface area contributed by atoms with E-state index in [0.29, 0.717) is 24.3 Å². The topological polar surface area (TPSA) is 73.0 Å². The Hall–Kier alpha value is -3.45. The Kier molecular flexibility index (Phi) is 6.43. The fraction of sp³-hybridized carbons (Fsp3) is 0.333. The molecule has 1 atom stereocenters. The van der Waals surface area contributed by atoms with E-state index in [-0.39, 0.29) is 17.6 Å². The van der Waals surface area contributed by atoms with Gasteiger partial charge in [-0.05, 0) is 54.7 Å². The molecule has 180 valence electrons. The van der Waals surface area contributed by atoms with Gasteiger partial charge in [0.1, 0.15) is 0 Å². The molecular weight excluding hydrogens is 462 g/mol. The largest absolute Gasteiger partial charge is 0.334 e. The lowest BCUT2D eigenvalue weighted by Gasteiger charge is -2.24. The first-order valence-electron chi connectivity index (χ1n) is 11.9. The summed E-state index contributed by atoms with van der Waals surface area (Å²) in [6.07, 6.45) is 7.08. The smallest absolute Gasteiger partial charge is 0.328 e. The molecule has 4 aromatic rings. The Balaban J connectivity index is 1.28. The molecule has 7 nitrogen and oxygen atoms in total. The highest BCUT2D eigenvalue weighted by Crippen LogP contribution is 2.31. The van der Waals surface area contributed by atoms with Gasteiger partial charge in [-0.25, -0.2) is 4.79 Å². The molecule has 1 aliphatic heterocycles. The Labute approximate surface area is 209 Å². The predicted octanol–water partition coefficient (Wildman–Crippen LogP) is 4.21. The fourth-order valence-electron chi connectivity index (χ4n) is 5.00. The van der Waals surface area contributed by atoms with E-state index in [1.165, 1.54) is 0 Å². The zero-order valence-corrected chi connectivity index (χ0v) is 20.7. The van der Waals surface area contributed by atoms with E-state index in [1.807, 2.05) is 47.4 Å². The van der Waals surface area contributed by atoms with Crippen LogP contribution in [0.3, 0.4) is 0 Å². The minimum Gasteiger partial charge on any atom is -0.334 e. The summed E-state index contributed by atoms with van der Waals surface area (Å²) in [7, 11) is 3.55. The van der Waals surface area contributed by atoms with Crippen LogP contribution in [0, 0.1) is 0 Å². The van der Waals surface area contributed by atoms with Crippen molar-refractivity contribution in [1.82, 2.24) is 24.0 Å². The minimum atomic E-state index is -0.0493. The maximum absolute atomic E-state index is 13.2. The van der Waals surface area contributed by atoms with Crippen molar-refractivity contribution in [1.29, 1.82) is 0 Å². The lowest BCUT2D eigenvalue weighted by Crippen LogP contribution is -2.31. The molecule has 0 N–H and O–H groups in total. The number of halogens is 1. The molecule has 1 saturated heterocycles. The van der Waals surface area contributed by atoms with E-state index < -0.39 is 0 Å². The number of fused-ring (bicyclic) bond motifs is 1. The van der Waals surface area contributed by atoms with Crippen LogP contribution in [0.1, 0.15) is 47.8 Å². The molecule has 0 unspecified atom stereocenters. The normalized spacial score (nSPS) is 15.7. The Bertz CT molecular complexity index is 1460. The first-order chi connectivity index (χ1) is 16.9. The molecule has 1 fully saturated rings. The van der Waals surface area contributed by atoms with Gasteiger partial charge in [0.2, 0.25) is 5.91 Å². The third-order valence-electron chi connectivity index (χ3n) is 6.86. The van der Waals surface area contributed by atoms with Gasteiger partial charge in [-0.2, -0.15) is 0 Å². The second kappa shape index (κ2) is 9.66. The summed E-state index contributed by atoms with van der Waals surface area (Å²) >= 11 is 6.12. The maximum Gasteiger partial charge on any atom is 0.328 e. The maximum atomic E-state index is 13.2. The molecule has 0 aliphatic carbocycles. The number of hydrogen-bond donors (Lipinski definition) is 0. The van der Waals surface area contributed by atoms with E-state index in [1.54, 1.807) is 35.6 Å². The Morgan fingerprint density at radius 2 is 1.89 bits per heavy atom. The number of hydrogen-bond acceptors (Lipinski definition) is 4. The van der Waals surface area contributed by atoms with Gasteiger partial charge in [-0.1, -0.05) is 29.8 Å². The van der Waals surface area contributed by atoms with Crippen LogP contribution in [-0.4, -0.2) is 36.5 Å². The van der Waals surface area contributed by atoms with Gasteiger partial charge in [-0.15, -0.1) is 0 Å². The number of benzene rings is 2. The average Bonchev–Trinajstić information content (AvgIpc) is 3.43. The number of likely N-dealkylation sites (tertiary alicyclic amines) is 1. The van der Waals surface area contributed by atoms with Gasteiger partial charge in [0, 0.05) is 44.7 Å². The van der Waals surface area contributed by atoms with Crippen LogP contribution in [0.15, 0.2) is 59.7 Å². The van der Waals surface area contributed by atoms with Gasteiger partial charge in [0.25, 0.3) is 0 Å². The van der Waals surface area contributed by atoms with Crippen molar-refractivity contribution < 1.29 is 4.79 Å². The number of imidazole rings is 1. The van der Waals surface area contributed by atoms with E-state index in [9.17, 15) is 9.59 Å². The highest BCUT2D eigenvalue weighted by Gasteiger charge is 2.31. The molecule has 0 spiro atoms. The van der Waals surface area contributed by atoms with Gasteiger partial charge in [0.15, 0.2) is 0 Å². The van der Waals surface area contributed by atoms with Crippen molar-refractivity contribution in [3.63, 3.8) is 0 Å². The van der Waals surface area contributed by atoms with Crippen molar-refractivity contribution in [3.8, 4) is 0 Å². The molecule has 2 aromatic carbocycles. The summed E-state index contributed by atoms with van der Waals surface area (Å²) in [5.41, 5.74) is 5.56. The summed E-state index contributed by atoms with van der Waals surface area (Å²) in [5.74, 6) is 0.122. The second-order valence-electron chi connectivity index (χ2n) is 9.21. The van der Waals surface area contributed by atoms with Crippen LogP contribution in [-0.2, 0) is 31.7 Å². The first kappa shape index (κ1) is 23.3. The highest BCUT2D eigenvalue weighted by atomic mass is 35.5. The zero-order valence-electron chi connectivity index (χ0n) is 19.9. The Morgan fingerprint density at radius 1 is 1.06 bits per heavy atom. The van der Waals surface area contributed by atoms with E-state index >= 15 is 0 Å². The van der Waals surface area contributed by atoms with E-state index in [4.69, 9.17) is 16.6 Å². The fourth-order valence-corrected chi connectivity index (χ4v) is 5.21. The molecule has 0 saturated carbocycles. The number of nitrogens with zero attached hydrogens (tertiary/aromatic N) is 5. The summed E-state index contributed by atoms with van der Waals surface area (Å²) in [6, 6.07) is 13.7. The van der Waals surface area contributed by atoms with Crippen molar-refractivity contribution in [2.45, 2.75) is 38.1 Å². The predicted molar refractivity (Wildman–Crippen MR) is 136 cm³/mol. The van der Waals surface area contributed by atoms with Crippen molar-refractivity contribution in [2.24, 2.45) is 14.1 Å². The van der Waals surface area contributed by atoms with Crippen LogP contribution < -0.4 is 5.69 Å².